The summed E-state index contributed by atoms with van der Waals surface area (Å²) in [5.41, 5.74) is 0. The SMILES string of the molecule is C#CCN1CCC(C(=O)NCCN(C)C2CC2)CC1. The molecule has 4 nitrogen and oxygen atoms in total. The second kappa shape index (κ2) is 6.93. The van der Waals surface area contributed by atoms with Gasteiger partial charge in [0.05, 0.1) is 6.54 Å². The molecule has 0 aromatic rings. The van der Waals surface area contributed by atoms with E-state index in [4.69, 9.17) is 6.42 Å². The van der Waals surface area contributed by atoms with Gasteiger partial charge in [-0.2, -0.15) is 0 Å². The van der Waals surface area contributed by atoms with Crippen molar-refractivity contribution in [3.05, 3.63) is 0 Å². The molecule has 0 radical (unpaired) electrons. The van der Waals surface area contributed by atoms with Crippen LogP contribution in [0.2, 0.25) is 0 Å². The van der Waals surface area contributed by atoms with E-state index in [0.29, 0.717) is 6.54 Å². The minimum Gasteiger partial charge on any atom is -0.355 e. The van der Waals surface area contributed by atoms with Crippen LogP contribution < -0.4 is 5.32 Å². The lowest BCUT2D eigenvalue weighted by atomic mass is 9.96. The van der Waals surface area contributed by atoms with Crippen molar-refractivity contribution in [2.24, 2.45) is 5.92 Å². The molecule has 1 N–H and O–H groups in total. The van der Waals surface area contributed by atoms with Crippen molar-refractivity contribution >= 4 is 5.91 Å². The van der Waals surface area contributed by atoms with Crippen LogP contribution in [0.1, 0.15) is 25.7 Å². The van der Waals surface area contributed by atoms with E-state index in [1.54, 1.807) is 0 Å². The van der Waals surface area contributed by atoms with Crippen LogP contribution in [0.25, 0.3) is 0 Å². The zero-order valence-corrected chi connectivity index (χ0v) is 11.9. The lowest BCUT2D eigenvalue weighted by Gasteiger charge is -2.30. The maximum absolute atomic E-state index is 12.0. The van der Waals surface area contributed by atoms with Crippen molar-refractivity contribution in [3.63, 3.8) is 0 Å². The predicted octanol–water partition coefficient (Wildman–Crippen LogP) is 0.542. The summed E-state index contributed by atoms with van der Waals surface area (Å²) < 4.78 is 0. The van der Waals surface area contributed by atoms with E-state index in [1.165, 1.54) is 12.8 Å². The smallest absolute Gasteiger partial charge is 0.223 e. The van der Waals surface area contributed by atoms with Crippen molar-refractivity contribution in [1.82, 2.24) is 15.1 Å². The molecular weight excluding hydrogens is 238 g/mol. The summed E-state index contributed by atoms with van der Waals surface area (Å²) in [7, 11) is 2.14. The number of nitrogens with one attached hydrogen (secondary N) is 1. The normalized spacial score (nSPS) is 21.3. The summed E-state index contributed by atoms with van der Waals surface area (Å²) in [5, 5.41) is 3.07. The molecule has 19 heavy (non-hydrogen) atoms. The lowest BCUT2D eigenvalue weighted by molar-refractivity contribution is -0.126. The summed E-state index contributed by atoms with van der Waals surface area (Å²) in [6.45, 7) is 4.35. The fourth-order valence-electron chi connectivity index (χ4n) is 2.68. The van der Waals surface area contributed by atoms with Gasteiger partial charge in [0.15, 0.2) is 0 Å². The van der Waals surface area contributed by atoms with Gasteiger partial charge in [-0.3, -0.25) is 9.69 Å². The molecule has 1 amide bonds. The first-order valence-corrected chi connectivity index (χ1v) is 7.34. The predicted molar refractivity (Wildman–Crippen MR) is 76.7 cm³/mol. The Bertz CT molecular complexity index is 338. The van der Waals surface area contributed by atoms with Gasteiger partial charge < -0.3 is 10.2 Å². The highest BCUT2D eigenvalue weighted by Gasteiger charge is 2.27. The fraction of sp³-hybridized carbons (Fsp3) is 0.800. The van der Waals surface area contributed by atoms with Gasteiger partial charge in [-0.25, -0.2) is 0 Å². The van der Waals surface area contributed by atoms with Gasteiger partial charge in [-0.15, -0.1) is 6.42 Å². The number of hydrogen-bond donors (Lipinski definition) is 1. The fourth-order valence-corrected chi connectivity index (χ4v) is 2.68. The summed E-state index contributed by atoms with van der Waals surface area (Å²) in [5.74, 6) is 3.07. The second-order valence-electron chi connectivity index (χ2n) is 5.76. The number of carbonyl (C=O) groups is 1. The average Bonchev–Trinajstić information content (AvgIpc) is 3.24. The average molecular weight is 263 g/mol. The summed E-state index contributed by atoms with van der Waals surface area (Å²) in [6, 6.07) is 0.768. The van der Waals surface area contributed by atoms with Crippen LogP contribution >= 0.6 is 0 Å². The van der Waals surface area contributed by atoms with E-state index in [9.17, 15) is 4.79 Å². The van der Waals surface area contributed by atoms with Crippen LogP contribution in [0, 0.1) is 18.3 Å². The summed E-state index contributed by atoms with van der Waals surface area (Å²) >= 11 is 0. The number of carbonyl (C=O) groups excluding carboxylic acids is 1. The lowest BCUT2D eigenvalue weighted by Crippen LogP contribution is -2.42. The second-order valence-corrected chi connectivity index (χ2v) is 5.76. The van der Waals surface area contributed by atoms with Gasteiger partial charge in [0.2, 0.25) is 5.91 Å². The number of rotatable bonds is 6. The zero-order valence-electron chi connectivity index (χ0n) is 11.9. The van der Waals surface area contributed by atoms with Crippen LogP contribution in [0.15, 0.2) is 0 Å². The van der Waals surface area contributed by atoms with E-state index < -0.39 is 0 Å². The maximum Gasteiger partial charge on any atom is 0.223 e. The van der Waals surface area contributed by atoms with E-state index in [1.807, 2.05) is 0 Å². The van der Waals surface area contributed by atoms with E-state index >= 15 is 0 Å². The van der Waals surface area contributed by atoms with Crippen LogP contribution in [0.4, 0.5) is 0 Å². The molecule has 0 unspecified atom stereocenters. The minimum absolute atomic E-state index is 0.181. The highest BCUT2D eigenvalue weighted by Crippen LogP contribution is 2.24. The first-order valence-electron chi connectivity index (χ1n) is 7.34. The van der Waals surface area contributed by atoms with Gasteiger partial charge in [0, 0.05) is 25.0 Å². The Morgan fingerprint density at radius 1 is 1.37 bits per heavy atom. The molecular formula is C15H25N3O. The number of likely N-dealkylation sites (N-methyl/N-ethyl adjacent to an activating group) is 1. The van der Waals surface area contributed by atoms with E-state index in [0.717, 1.165) is 45.1 Å². The number of hydrogen-bond acceptors (Lipinski definition) is 3. The molecule has 1 saturated heterocycles. The molecule has 4 heteroatoms. The Hall–Kier alpha value is -1.05. The first kappa shape index (κ1) is 14.4. The van der Waals surface area contributed by atoms with Gasteiger partial charge in [0.25, 0.3) is 0 Å². The molecule has 0 aromatic heterocycles. The highest BCUT2D eigenvalue weighted by molar-refractivity contribution is 5.78. The maximum atomic E-state index is 12.0. The summed E-state index contributed by atoms with van der Waals surface area (Å²) in [6.07, 6.45) is 9.81. The van der Waals surface area contributed by atoms with Crippen LogP contribution in [0.5, 0.6) is 0 Å². The minimum atomic E-state index is 0.181. The molecule has 0 spiro atoms. The van der Waals surface area contributed by atoms with Crippen molar-refractivity contribution in [3.8, 4) is 12.3 Å². The third-order valence-electron chi connectivity index (χ3n) is 4.21. The molecule has 0 bridgehead atoms. The van der Waals surface area contributed by atoms with Crippen molar-refractivity contribution in [2.45, 2.75) is 31.7 Å². The van der Waals surface area contributed by atoms with Crippen molar-refractivity contribution in [1.29, 1.82) is 0 Å². The topological polar surface area (TPSA) is 35.6 Å². The van der Waals surface area contributed by atoms with Crippen molar-refractivity contribution < 1.29 is 4.79 Å². The first-order chi connectivity index (χ1) is 9.20. The highest BCUT2D eigenvalue weighted by atomic mass is 16.1. The Morgan fingerprint density at radius 2 is 2.05 bits per heavy atom. The Balaban J connectivity index is 1.60. The van der Waals surface area contributed by atoms with Crippen LogP contribution in [-0.4, -0.2) is 61.5 Å². The molecule has 2 aliphatic rings. The summed E-state index contributed by atoms with van der Waals surface area (Å²) in [4.78, 5) is 16.6. The molecule has 106 valence electrons. The molecule has 0 atom stereocenters. The van der Waals surface area contributed by atoms with E-state index in [2.05, 4.69) is 28.1 Å². The van der Waals surface area contributed by atoms with Crippen LogP contribution in [-0.2, 0) is 4.79 Å². The molecule has 1 saturated carbocycles. The quantitative estimate of drug-likeness (QED) is 0.711. The zero-order chi connectivity index (χ0) is 13.7. The van der Waals surface area contributed by atoms with Gasteiger partial charge in [-0.05, 0) is 45.8 Å². The monoisotopic (exact) mass is 263 g/mol. The Kier molecular flexibility index (Phi) is 5.24. The standard InChI is InChI=1S/C15H25N3O/c1-3-9-18-10-6-13(7-11-18)15(19)16-8-12-17(2)14-4-5-14/h1,13-14H,4-12H2,2H3,(H,16,19). The number of likely N-dealkylation sites (tertiary alicyclic amines) is 1. The van der Waals surface area contributed by atoms with Crippen LogP contribution in [0.3, 0.4) is 0 Å². The molecule has 2 fully saturated rings. The number of piperidine rings is 1. The molecule has 0 aromatic carbocycles. The molecule has 1 aliphatic carbocycles. The molecule has 1 heterocycles. The third kappa shape index (κ3) is 4.52. The Morgan fingerprint density at radius 3 is 2.63 bits per heavy atom. The third-order valence-corrected chi connectivity index (χ3v) is 4.21. The number of terminal acetylenes is 1. The van der Waals surface area contributed by atoms with Crippen molar-refractivity contribution in [2.75, 3.05) is 39.8 Å². The van der Waals surface area contributed by atoms with Gasteiger partial charge in [0.1, 0.15) is 0 Å². The molecule has 2 rings (SSSR count). The largest absolute Gasteiger partial charge is 0.355 e. The molecule has 1 aliphatic heterocycles. The number of amides is 1. The van der Waals surface area contributed by atoms with E-state index in [-0.39, 0.29) is 11.8 Å². The van der Waals surface area contributed by atoms with Gasteiger partial charge in [-0.1, -0.05) is 5.92 Å². The number of nitrogens with zero attached hydrogens (tertiary/aromatic N) is 2. The Labute approximate surface area is 116 Å². The van der Waals surface area contributed by atoms with Gasteiger partial charge >= 0.3 is 0 Å².